The van der Waals surface area contributed by atoms with Gasteiger partial charge in [0.2, 0.25) is 0 Å². The molecular formula is C71H138O17P2. The Morgan fingerprint density at radius 2 is 0.511 bits per heavy atom. The molecule has 0 heterocycles. The number of esters is 4. The van der Waals surface area contributed by atoms with Crippen LogP contribution in [0.2, 0.25) is 0 Å². The van der Waals surface area contributed by atoms with Gasteiger partial charge in [0.15, 0.2) is 12.2 Å². The van der Waals surface area contributed by atoms with E-state index in [1.807, 2.05) is 0 Å². The summed E-state index contributed by atoms with van der Waals surface area (Å²) in [5.41, 5.74) is 0. The van der Waals surface area contributed by atoms with Crippen molar-refractivity contribution in [2.24, 2.45) is 5.92 Å². The van der Waals surface area contributed by atoms with Crippen LogP contribution in [-0.2, 0) is 65.4 Å². The summed E-state index contributed by atoms with van der Waals surface area (Å²) in [5, 5.41) is 10.6. The van der Waals surface area contributed by atoms with Gasteiger partial charge in [-0.2, -0.15) is 0 Å². The van der Waals surface area contributed by atoms with Crippen LogP contribution in [0, 0.1) is 5.92 Å². The van der Waals surface area contributed by atoms with Gasteiger partial charge in [0.1, 0.15) is 19.3 Å². The minimum atomic E-state index is -4.95. The molecule has 534 valence electrons. The summed E-state index contributed by atoms with van der Waals surface area (Å²) in [7, 11) is -9.90. The van der Waals surface area contributed by atoms with Crippen LogP contribution >= 0.6 is 15.6 Å². The van der Waals surface area contributed by atoms with Crippen LogP contribution in [-0.4, -0.2) is 96.7 Å². The topological polar surface area (TPSA) is 237 Å². The second-order valence-electron chi connectivity index (χ2n) is 26.1. The fourth-order valence-corrected chi connectivity index (χ4v) is 12.4. The molecular weight excluding hydrogens is 1190 g/mol. The maximum atomic E-state index is 13.0. The standard InChI is InChI=1S/C71H138O17P2/c1-6-9-12-15-18-21-23-25-26-27-29-31-36-41-46-51-56-70(75)87-67(61-82-69(74)55-50-45-40-35-30-28-24-22-19-16-13-10-7-2)63-86-90(79,80)84-59-65(72)58-83-89(77,78)85-62-66(60-81-68(73)54-49-44-39-33-20-17-14-11-8-3)88-71(76)57-52-47-42-37-32-34-38-43-48-53-64(4)5/h64-67,72H,6-63H2,1-5H3,(H,77,78)(H,79,80)/t65-,66+,67+/m0/s1. The smallest absolute Gasteiger partial charge is 0.462 e. The third kappa shape index (κ3) is 64.8. The van der Waals surface area contributed by atoms with Crippen LogP contribution in [0.25, 0.3) is 0 Å². The zero-order valence-electron chi connectivity index (χ0n) is 58.3. The molecule has 2 unspecified atom stereocenters. The maximum Gasteiger partial charge on any atom is 0.472 e. The van der Waals surface area contributed by atoms with Gasteiger partial charge < -0.3 is 33.8 Å². The quantitative estimate of drug-likeness (QED) is 0.0222. The molecule has 0 saturated heterocycles. The average Bonchev–Trinajstić information content (AvgIpc) is 3.69. The lowest BCUT2D eigenvalue weighted by Gasteiger charge is -2.21. The lowest BCUT2D eigenvalue weighted by molar-refractivity contribution is -0.161. The Morgan fingerprint density at radius 3 is 0.756 bits per heavy atom. The van der Waals surface area contributed by atoms with Crippen molar-refractivity contribution in [1.82, 2.24) is 0 Å². The highest BCUT2D eigenvalue weighted by Crippen LogP contribution is 2.45. The second-order valence-corrected chi connectivity index (χ2v) is 29.0. The molecule has 0 bridgehead atoms. The van der Waals surface area contributed by atoms with Gasteiger partial charge in [-0.1, -0.05) is 317 Å². The zero-order valence-corrected chi connectivity index (χ0v) is 60.1. The molecule has 5 atom stereocenters. The first kappa shape index (κ1) is 88.1. The summed E-state index contributed by atoms with van der Waals surface area (Å²) in [6.45, 7) is 7.22. The van der Waals surface area contributed by atoms with Gasteiger partial charge in [-0.15, -0.1) is 0 Å². The highest BCUT2D eigenvalue weighted by molar-refractivity contribution is 7.47. The van der Waals surface area contributed by atoms with Gasteiger partial charge >= 0.3 is 39.5 Å². The molecule has 0 amide bonds. The largest absolute Gasteiger partial charge is 0.472 e. The fraction of sp³-hybridized carbons (Fsp3) is 0.944. The lowest BCUT2D eigenvalue weighted by atomic mass is 10.0. The zero-order chi connectivity index (χ0) is 66.3. The molecule has 0 spiro atoms. The highest BCUT2D eigenvalue weighted by Gasteiger charge is 2.30. The highest BCUT2D eigenvalue weighted by atomic mass is 31.2. The number of unbranched alkanes of at least 4 members (excludes halogenated alkanes) is 43. The number of aliphatic hydroxyl groups is 1. The third-order valence-electron chi connectivity index (χ3n) is 16.5. The van der Waals surface area contributed by atoms with Gasteiger partial charge in [0.25, 0.3) is 0 Å². The van der Waals surface area contributed by atoms with Gasteiger partial charge in [0.05, 0.1) is 26.4 Å². The van der Waals surface area contributed by atoms with E-state index in [1.54, 1.807) is 0 Å². The number of carbonyl (C=O) groups is 4. The predicted molar refractivity (Wildman–Crippen MR) is 363 cm³/mol. The van der Waals surface area contributed by atoms with Crippen LogP contribution in [0.15, 0.2) is 0 Å². The van der Waals surface area contributed by atoms with Gasteiger partial charge in [0, 0.05) is 25.7 Å². The summed E-state index contributed by atoms with van der Waals surface area (Å²) in [4.78, 5) is 72.5. The summed E-state index contributed by atoms with van der Waals surface area (Å²) in [6, 6.07) is 0. The fourth-order valence-electron chi connectivity index (χ4n) is 10.8. The van der Waals surface area contributed by atoms with Crippen molar-refractivity contribution in [2.75, 3.05) is 39.6 Å². The molecule has 0 aromatic rings. The molecule has 0 aromatic heterocycles. The van der Waals surface area contributed by atoms with Crippen molar-refractivity contribution in [2.45, 2.75) is 387 Å². The first-order valence-electron chi connectivity index (χ1n) is 37.1. The van der Waals surface area contributed by atoms with Gasteiger partial charge in [-0.25, -0.2) is 9.13 Å². The van der Waals surface area contributed by atoms with Crippen molar-refractivity contribution in [3.63, 3.8) is 0 Å². The van der Waals surface area contributed by atoms with E-state index in [2.05, 4.69) is 34.6 Å². The number of phosphoric ester groups is 2. The summed E-state index contributed by atoms with van der Waals surface area (Å²) >= 11 is 0. The van der Waals surface area contributed by atoms with Crippen LogP contribution in [0.3, 0.4) is 0 Å². The van der Waals surface area contributed by atoms with Crippen molar-refractivity contribution in [1.29, 1.82) is 0 Å². The van der Waals surface area contributed by atoms with Crippen molar-refractivity contribution >= 4 is 39.5 Å². The van der Waals surface area contributed by atoms with E-state index < -0.39 is 97.5 Å². The molecule has 0 rings (SSSR count). The van der Waals surface area contributed by atoms with Crippen LogP contribution in [0.1, 0.15) is 369 Å². The number of hydrogen-bond acceptors (Lipinski definition) is 15. The number of rotatable bonds is 71. The van der Waals surface area contributed by atoms with E-state index in [0.717, 1.165) is 95.8 Å². The molecule has 3 N–H and O–H groups in total. The Hall–Kier alpha value is -1.94. The van der Waals surface area contributed by atoms with Crippen LogP contribution in [0.4, 0.5) is 0 Å². The number of hydrogen-bond donors (Lipinski definition) is 3. The van der Waals surface area contributed by atoms with Gasteiger partial charge in [-0.05, 0) is 31.6 Å². The second kappa shape index (κ2) is 64.4. The molecule has 0 aliphatic rings. The molecule has 0 saturated carbocycles. The van der Waals surface area contributed by atoms with Crippen molar-refractivity contribution in [3.05, 3.63) is 0 Å². The maximum absolute atomic E-state index is 13.0. The van der Waals surface area contributed by atoms with Gasteiger partial charge in [-0.3, -0.25) is 37.3 Å². The van der Waals surface area contributed by atoms with Crippen molar-refractivity contribution in [3.8, 4) is 0 Å². The average molecular weight is 1330 g/mol. The Kier molecular flexibility index (Phi) is 63.0. The minimum absolute atomic E-state index is 0.106. The Labute approximate surface area is 549 Å². The Bertz CT molecular complexity index is 1740. The van der Waals surface area contributed by atoms with Crippen LogP contribution < -0.4 is 0 Å². The third-order valence-corrected chi connectivity index (χ3v) is 18.4. The van der Waals surface area contributed by atoms with E-state index in [1.165, 1.54) is 193 Å². The lowest BCUT2D eigenvalue weighted by Crippen LogP contribution is -2.30. The monoisotopic (exact) mass is 1320 g/mol. The molecule has 17 nitrogen and oxygen atoms in total. The molecule has 0 aliphatic carbocycles. The first-order chi connectivity index (χ1) is 43.5. The first-order valence-corrected chi connectivity index (χ1v) is 40.1. The molecule has 19 heteroatoms. The Morgan fingerprint density at radius 1 is 0.300 bits per heavy atom. The molecule has 0 radical (unpaired) electrons. The summed E-state index contributed by atoms with van der Waals surface area (Å²) in [6.07, 6.45) is 51.2. The molecule has 0 aliphatic heterocycles. The van der Waals surface area contributed by atoms with Crippen molar-refractivity contribution < 1.29 is 80.2 Å². The SMILES string of the molecule is CCCCCCCCCCCCCCCCCCC(=O)O[C@H](COC(=O)CCCCCCCCCCCCCCC)COP(=O)(O)OC[C@@H](O)COP(=O)(O)OC[C@@H](COC(=O)CCCCCCCCCCC)OC(=O)CCCCCCCCCCCC(C)C. The van der Waals surface area contributed by atoms with E-state index in [4.69, 9.17) is 37.0 Å². The number of ether oxygens (including phenoxy) is 4. The summed E-state index contributed by atoms with van der Waals surface area (Å²) < 4.78 is 68.3. The minimum Gasteiger partial charge on any atom is -0.462 e. The number of aliphatic hydroxyl groups excluding tert-OH is 1. The number of phosphoric acid groups is 2. The van der Waals surface area contributed by atoms with E-state index >= 15 is 0 Å². The van der Waals surface area contributed by atoms with E-state index in [9.17, 15) is 43.2 Å². The normalized spacial score (nSPS) is 14.1. The molecule has 90 heavy (non-hydrogen) atoms. The van der Waals surface area contributed by atoms with E-state index in [0.29, 0.717) is 25.7 Å². The summed E-state index contributed by atoms with van der Waals surface area (Å²) in [5.74, 6) is -1.38. The predicted octanol–water partition coefficient (Wildman–Crippen LogP) is 20.5. The van der Waals surface area contributed by atoms with Crippen LogP contribution in [0.5, 0.6) is 0 Å². The molecule has 0 aromatic carbocycles. The van der Waals surface area contributed by atoms with E-state index in [-0.39, 0.29) is 25.7 Å². The molecule has 0 fully saturated rings. The Balaban J connectivity index is 5.23. The number of carbonyl (C=O) groups excluding carboxylic acids is 4.